The van der Waals surface area contributed by atoms with Crippen molar-refractivity contribution in [3.8, 4) is 0 Å². The Morgan fingerprint density at radius 1 is 1.60 bits per heavy atom. The highest BCUT2D eigenvalue weighted by Crippen LogP contribution is 2.11. The largest absolute Gasteiger partial charge is 0.465 e. The standard InChI is InChI=1S/C9H7ClN2O3/c1-15-9(14)6-3-11-12-4-5(10)2-7(12)8(6)13/h2-4,11H,1H3. The lowest BCUT2D eigenvalue weighted by molar-refractivity contribution is 0.0598. The average Bonchev–Trinajstić information content (AvgIpc) is 2.59. The minimum atomic E-state index is -0.670. The number of esters is 1. The fraction of sp³-hybridized carbons (Fsp3) is 0.111. The van der Waals surface area contributed by atoms with Crippen LogP contribution in [0, 0.1) is 0 Å². The lowest BCUT2D eigenvalue weighted by atomic mass is 10.3. The van der Waals surface area contributed by atoms with Gasteiger partial charge in [-0.1, -0.05) is 11.6 Å². The first-order chi connectivity index (χ1) is 7.13. The highest BCUT2D eigenvalue weighted by molar-refractivity contribution is 6.31. The lowest BCUT2D eigenvalue weighted by Crippen LogP contribution is -2.18. The van der Waals surface area contributed by atoms with Crippen LogP contribution in [-0.2, 0) is 4.74 Å². The summed E-state index contributed by atoms with van der Waals surface area (Å²) in [5.74, 6) is -0.670. The van der Waals surface area contributed by atoms with Crippen molar-refractivity contribution in [2.45, 2.75) is 0 Å². The van der Waals surface area contributed by atoms with E-state index in [1.807, 2.05) is 0 Å². The molecule has 78 valence electrons. The van der Waals surface area contributed by atoms with Crippen molar-refractivity contribution in [1.29, 1.82) is 0 Å². The second-order valence-corrected chi connectivity index (χ2v) is 3.36. The molecule has 0 saturated carbocycles. The van der Waals surface area contributed by atoms with Crippen molar-refractivity contribution in [3.05, 3.63) is 39.3 Å². The molecule has 0 aliphatic heterocycles. The van der Waals surface area contributed by atoms with Gasteiger partial charge < -0.3 is 9.84 Å². The molecule has 2 aromatic rings. The minimum Gasteiger partial charge on any atom is -0.465 e. The van der Waals surface area contributed by atoms with E-state index in [1.54, 1.807) is 6.20 Å². The van der Waals surface area contributed by atoms with Crippen molar-refractivity contribution in [1.82, 2.24) is 9.61 Å². The van der Waals surface area contributed by atoms with E-state index in [2.05, 4.69) is 9.84 Å². The molecule has 0 aliphatic rings. The second kappa shape index (κ2) is 3.43. The Labute approximate surface area is 89.2 Å². The Morgan fingerprint density at radius 3 is 3.00 bits per heavy atom. The van der Waals surface area contributed by atoms with Crippen LogP contribution in [0.3, 0.4) is 0 Å². The first kappa shape index (κ1) is 9.79. The molecule has 2 rings (SSSR count). The summed E-state index contributed by atoms with van der Waals surface area (Å²) >= 11 is 5.72. The summed E-state index contributed by atoms with van der Waals surface area (Å²) in [6, 6.07) is 1.48. The van der Waals surface area contributed by atoms with Gasteiger partial charge in [-0.3, -0.25) is 9.31 Å². The summed E-state index contributed by atoms with van der Waals surface area (Å²) in [7, 11) is 1.22. The molecular formula is C9H7ClN2O3. The Kier molecular flexibility index (Phi) is 2.24. The lowest BCUT2D eigenvalue weighted by Gasteiger charge is -1.99. The summed E-state index contributed by atoms with van der Waals surface area (Å²) in [5, 5.41) is 3.15. The van der Waals surface area contributed by atoms with Gasteiger partial charge in [-0.05, 0) is 6.07 Å². The predicted molar refractivity (Wildman–Crippen MR) is 54.4 cm³/mol. The van der Waals surface area contributed by atoms with Crippen LogP contribution in [0.5, 0.6) is 0 Å². The minimum absolute atomic E-state index is 0.0419. The maximum Gasteiger partial charge on any atom is 0.343 e. The number of hydrogen-bond acceptors (Lipinski definition) is 3. The molecule has 0 spiro atoms. The van der Waals surface area contributed by atoms with Crippen LogP contribution < -0.4 is 5.43 Å². The van der Waals surface area contributed by atoms with E-state index < -0.39 is 11.4 Å². The van der Waals surface area contributed by atoms with Crippen molar-refractivity contribution in [3.63, 3.8) is 0 Å². The molecule has 0 aromatic carbocycles. The molecule has 0 fully saturated rings. The summed E-state index contributed by atoms with van der Waals surface area (Å²) in [6.07, 6.45) is 2.83. The normalized spacial score (nSPS) is 10.5. The van der Waals surface area contributed by atoms with Gasteiger partial charge in [0.05, 0.1) is 12.1 Å². The Morgan fingerprint density at radius 2 is 2.33 bits per heavy atom. The van der Waals surface area contributed by atoms with Crippen LogP contribution in [-0.4, -0.2) is 22.7 Å². The van der Waals surface area contributed by atoms with Crippen LogP contribution in [0.15, 0.2) is 23.3 Å². The van der Waals surface area contributed by atoms with Crippen LogP contribution in [0.1, 0.15) is 10.4 Å². The maximum atomic E-state index is 11.7. The van der Waals surface area contributed by atoms with Gasteiger partial charge in [-0.2, -0.15) is 0 Å². The van der Waals surface area contributed by atoms with Crippen molar-refractivity contribution >= 4 is 23.1 Å². The van der Waals surface area contributed by atoms with E-state index in [4.69, 9.17) is 11.6 Å². The van der Waals surface area contributed by atoms with E-state index in [0.29, 0.717) is 10.5 Å². The Bertz CT molecular complexity index is 585. The number of carbonyl (C=O) groups excluding carboxylic acids is 1. The Balaban J connectivity index is 2.75. The van der Waals surface area contributed by atoms with Crippen LogP contribution >= 0.6 is 11.6 Å². The molecule has 15 heavy (non-hydrogen) atoms. The molecule has 0 radical (unpaired) electrons. The molecule has 0 unspecified atom stereocenters. The number of hydrogen-bond donors (Lipinski definition) is 1. The number of aromatic nitrogens is 2. The van der Waals surface area contributed by atoms with Crippen molar-refractivity contribution in [2.24, 2.45) is 0 Å². The molecular weight excluding hydrogens is 220 g/mol. The van der Waals surface area contributed by atoms with Gasteiger partial charge in [0.1, 0.15) is 11.1 Å². The summed E-state index contributed by atoms with van der Waals surface area (Å²) < 4.78 is 5.91. The molecule has 0 atom stereocenters. The average molecular weight is 227 g/mol. The third-order valence-electron chi connectivity index (χ3n) is 2.02. The predicted octanol–water partition coefficient (Wildman–Crippen LogP) is 1.07. The number of nitrogens with zero attached hydrogens (tertiary/aromatic N) is 1. The zero-order valence-electron chi connectivity index (χ0n) is 7.78. The first-order valence-corrected chi connectivity index (χ1v) is 4.49. The summed E-state index contributed by atoms with van der Waals surface area (Å²) in [6.45, 7) is 0. The number of aromatic amines is 1. The molecule has 1 N–H and O–H groups in total. The molecule has 5 nitrogen and oxygen atoms in total. The number of fused-ring (bicyclic) bond motifs is 1. The van der Waals surface area contributed by atoms with Gasteiger partial charge >= 0.3 is 5.97 Å². The molecule has 0 amide bonds. The number of methoxy groups -OCH3 is 1. The van der Waals surface area contributed by atoms with Crippen molar-refractivity contribution < 1.29 is 9.53 Å². The maximum absolute atomic E-state index is 11.7. The quantitative estimate of drug-likeness (QED) is 0.740. The number of ether oxygens (including phenoxy) is 1. The van der Waals surface area contributed by atoms with E-state index in [-0.39, 0.29) is 5.56 Å². The molecule has 6 heteroatoms. The fourth-order valence-electron chi connectivity index (χ4n) is 1.31. The van der Waals surface area contributed by atoms with Crippen molar-refractivity contribution in [2.75, 3.05) is 7.11 Å². The number of carbonyl (C=O) groups is 1. The second-order valence-electron chi connectivity index (χ2n) is 2.92. The fourth-order valence-corrected chi connectivity index (χ4v) is 1.51. The monoisotopic (exact) mass is 226 g/mol. The van der Waals surface area contributed by atoms with Gasteiger partial charge in [0, 0.05) is 12.4 Å². The third kappa shape index (κ3) is 1.50. The number of rotatable bonds is 1. The molecule has 2 heterocycles. The molecule has 2 aromatic heterocycles. The number of nitrogens with one attached hydrogen (secondary N) is 1. The van der Waals surface area contributed by atoms with Crippen LogP contribution in [0.25, 0.3) is 5.52 Å². The van der Waals surface area contributed by atoms with Crippen LogP contribution in [0.4, 0.5) is 0 Å². The van der Waals surface area contributed by atoms with Crippen LogP contribution in [0.2, 0.25) is 5.02 Å². The van der Waals surface area contributed by atoms with Gasteiger partial charge in [0.25, 0.3) is 0 Å². The van der Waals surface area contributed by atoms with Gasteiger partial charge in [0.15, 0.2) is 0 Å². The number of H-pyrrole nitrogens is 1. The zero-order valence-corrected chi connectivity index (χ0v) is 8.54. The first-order valence-electron chi connectivity index (χ1n) is 4.11. The van der Waals surface area contributed by atoms with E-state index in [9.17, 15) is 9.59 Å². The summed E-state index contributed by atoms with van der Waals surface area (Å²) in [5.41, 5.74) is -0.143. The SMILES string of the molecule is COC(=O)c1c[nH]n2cc(Cl)cc2c1=O. The van der Waals surface area contributed by atoms with Gasteiger partial charge in [-0.15, -0.1) is 0 Å². The molecule has 0 aliphatic carbocycles. The van der Waals surface area contributed by atoms with Gasteiger partial charge in [-0.25, -0.2) is 4.79 Å². The van der Waals surface area contributed by atoms with E-state index in [0.717, 1.165) is 0 Å². The highest BCUT2D eigenvalue weighted by atomic mass is 35.5. The third-order valence-corrected chi connectivity index (χ3v) is 2.22. The molecule has 0 bridgehead atoms. The number of halogens is 1. The topological polar surface area (TPSA) is 63.6 Å². The highest BCUT2D eigenvalue weighted by Gasteiger charge is 2.13. The van der Waals surface area contributed by atoms with Gasteiger partial charge in [0.2, 0.25) is 5.43 Å². The summed E-state index contributed by atoms with van der Waals surface area (Å²) in [4.78, 5) is 22.9. The Hall–Kier alpha value is -1.75. The van der Waals surface area contributed by atoms with E-state index >= 15 is 0 Å². The van der Waals surface area contributed by atoms with E-state index in [1.165, 1.54) is 23.9 Å². The smallest absolute Gasteiger partial charge is 0.343 e. The zero-order chi connectivity index (χ0) is 11.0. The molecule has 0 saturated heterocycles.